The van der Waals surface area contributed by atoms with Crippen LogP contribution in [0.5, 0.6) is 0 Å². The van der Waals surface area contributed by atoms with E-state index >= 15 is 0 Å². The highest BCUT2D eigenvalue weighted by molar-refractivity contribution is 6.10. The number of nitrogens with two attached hydrogens (primary N) is 3. The van der Waals surface area contributed by atoms with Gasteiger partial charge in [0.2, 0.25) is 0 Å². The molecule has 6 nitrogen and oxygen atoms in total. The fraction of sp³-hybridized carbons (Fsp3) is 0.577. The second-order valence-electron chi connectivity index (χ2n) is 8.52. The van der Waals surface area contributed by atoms with Gasteiger partial charge in [-0.05, 0) is 68.0 Å². The number of halogens is 2. The maximum atomic E-state index is 14.0. The van der Waals surface area contributed by atoms with Crippen LogP contribution in [0.15, 0.2) is 34.6 Å². The Bertz CT molecular complexity index is 848. The zero-order valence-corrected chi connectivity index (χ0v) is 21.4. The molecule has 2 atom stereocenters. The molecule has 2 unspecified atom stereocenters. The van der Waals surface area contributed by atoms with E-state index < -0.39 is 12.6 Å². The van der Waals surface area contributed by atoms with Gasteiger partial charge in [0, 0.05) is 48.0 Å². The van der Waals surface area contributed by atoms with Gasteiger partial charge >= 0.3 is 0 Å². The molecule has 0 saturated heterocycles. The van der Waals surface area contributed by atoms with Crippen molar-refractivity contribution in [2.45, 2.75) is 84.9 Å². The van der Waals surface area contributed by atoms with E-state index in [4.69, 9.17) is 17.2 Å². The second-order valence-corrected chi connectivity index (χ2v) is 8.52. The van der Waals surface area contributed by atoms with Crippen LogP contribution >= 0.6 is 0 Å². The first-order chi connectivity index (χ1) is 16.3. The molecule has 34 heavy (non-hydrogen) atoms. The van der Waals surface area contributed by atoms with Crippen LogP contribution in [-0.2, 0) is 6.42 Å². The molecule has 0 aromatic heterocycles. The summed E-state index contributed by atoms with van der Waals surface area (Å²) < 4.78 is 28.1. The molecule has 0 aliphatic carbocycles. The molecule has 0 radical (unpaired) electrons. The predicted octanol–water partition coefficient (Wildman–Crippen LogP) is 5.06. The zero-order chi connectivity index (χ0) is 25.7. The Morgan fingerprint density at radius 2 is 1.88 bits per heavy atom. The number of rotatable bonds is 15. The van der Waals surface area contributed by atoms with E-state index in [1.54, 1.807) is 13.1 Å². The summed E-state index contributed by atoms with van der Waals surface area (Å²) in [5.74, 6) is 0. The monoisotopic (exact) mass is 478 g/mol. The van der Waals surface area contributed by atoms with E-state index in [1.165, 1.54) is 18.5 Å². The summed E-state index contributed by atoms with van der Waals surface area (Å²) >= 11 is 0. The van der Waals surface area contributed by atoms with Crippen LogP contribution < -0.4 is 27.8 Å². The summed E-state index contributed by atoms with van der Waals surface area (Å²) in [4.78, 5) is 3.96. The normalized spacial score (nSPS) is 14.9. The Kier molecular flexibility index (Phi) is 13.4. The minimum absolute atomic E-state index is 0.103. The number of nitrogens with zero attached hydrogens (tertiary/aromatic N) is 1. The van der Waals surface area contributed by atoms with E-state index in [0.717, 1.165) is 48.9 Å². The molecule has 0 heterocycles. The van der Waals surface area contributed by atoms with E-state index in [2.05, 4.69) is 29.5 Å². The van der Waals surface area contributed by atoms with Gasteiger partial charge in [-0.25, -0.2) is 8.78 Å². The van der Waals surface area contributed by atoms with Gasteiger partial charge < -0.3 is 27.8 Å². The molecule has 0 spiro atoms. The molecule has 192 valence electrons. The van der Waals surface area contributed by atoms with Gasteiger partial charge in [-0.15, -0.1) is 0 Å². The molecule has 1 aromatic rings. The molecule has 0 saturated carbocycles. The molecule has 0 aliphatic rings. The number of aryl methyl sites for hydroxylation is 1. The summed E-state index contributed by atoms with van der Waals surface area (Å²) in [6, 6.07) is 3.55. The maximum Gasteiger partial charge on any atom is 0.264 e. The van der Waals surface area contributed by atoms with Gasteiger partial charge in [0.25, 0.3) is 6.43 Å². The molecule has 8 heteroatoms. The van der Waals surface area contributed by atoms with Gasteiger partial charge in [0.05, 0.1) is 6.17 Å². The van der Waals surface area contributed by atoms with Crippen LogP contribution in [0.4, 0.5) is 14.5 Å². The lowest BCUT2D eigenvalue weighted by molar-refractivity contribution is 0.151. The smallest absolute Gasteiger partial charge is 0.264 e. The molecule has 1 rings (SSSR count). The number of hydrogen-bond acceptors (Lipinski definition) is 6. The summed E-state index contributed by atoms with van der Waals surface area (Å²) in [6.45, 7) is 8.89. The Hall–Kier alpha value is -2.45. The first-order valence-electron chi connectivity index (χ1n) is 12.2. The largest absolute Gasteiger partial charge is 0.404 e. The highest BCUT2D eigenvalue weighted by Crippen LogP contribution is 2.33. The Labute approximate surface area is 204 Å². The summed E-state index contributed by atoms with van der Waals surface area (Å²) in [5, 5.41) is 6.92. The number of aliphatic imine (C=N–C) groups is 1. The van der Waals surface area contributed by atoms with Gasteiger partial charge in [-0.3, -0.25) is 4.99 Å². The average Bonchev–Trinajstić information content (AvgIpc) is 2.82. The van der Waals surface area contributed by atoms with Gasteiger partial charge in [-0.2, -0.15) is 0 Å². The standard InChI is InChI=1S/C26H44F2N6/c1-6-9-18-13-21(19(15-30)16-32-5)22(25(27)28)14-24(18)34-26(31)17(4)23(10-7-2)33-20(8-3)11-12-29/h13-16,20,25-26,33-34H,6-12,29-31H2,1-5H3/b19-15+,23-17-,32-16?. The first kappa shape index (κ1) is 29.6. The van der Waals surface area contributed by atoms with Gasteiger partial charge in [-0.1, -0.05) is 33.6 Å². The van der Waals surface area contributed by atoms with Crippen molar-refractivity contribution in [3.8, 4) is 0 Å². The lowest BCUT2D eigenvalue weighted by Crippen LogP contribution is -2.37. The number of alkyl halides is 2. The van der Waals surface area contributed by atoms with Gasteiger partial charge in [0.15, 0.2) is 0 Å². The Morgan fingerprint density at radius 3 is 2.38 bits per heavy atom. The Morgan fingerprint density at radius 1 is 1.18 bits per heavy atom. The molecule has 0 bridgehead atoms. The van der Waals surface area contributed by atoms with E-state index in [1.807, 2.05) is 13.8 Å². The van der Waals surface area contributed by atoms with Crippen LogP contribution in [0.25, 0.3) is 5.57 Å². The van der Waals surface area contributed by atoms with Crippen molar-refractivity contribution < 1.29 is 8.78 Å². The van der Waals surface area contributed by atoms with Crippen molar-refractivity contribution in [1.82, 2.24) is 5.32 Å². The lowest BCUT2D eigenvalue weighted by Gasteiger charge is -2.26. The summed E-state index contributed by atoms with van der Waals surface area (Å²) in [6.07, 6.45) is 4.82. The zero-order valence-electron chi connectivity index (χ0n) is 21.4. The number of benzene rings is 1. The maximum absolute atomic E-state index is 14.0. The topological polar surface area (TPSA) is 114 Å². The first-order valence-corrected chi connectivity index (χ1v) is 12.2. The van der Waals surface area contributed by atoms with Crippen molar-refractivity contribution in [3.63, 3.8) is 0 Å². The van der Waals surface area contributed by atoms with Crippen LogP contribution in [0, 0.1) is 0 Å². The third kappa shape index (κ3) is 8.40. The Balaban J connectivity index is 3.45. The number of allylic oxidation sites excluding steroid dienone is 2. The lowest BCUT2D eigenvalue weighted by atomic mass is 9.94. The fourth-order valence-corrected chi connectivity index (χ4v) is 3.97. The van der Waals surface area contributed by atoms with Crippen LogP contribution in [-0.4, -0.2) is 32.0 Å². The predicted molar refractivity (Wildman–Crippen MR) is 142 cm³/mol. The van der Waals surface area contributed by atoms with Crippen molar-refractivity contribution in [3.05, 3.63) is 46.3 Å². The van der Waals surface area contributed by atoms with Crippen LogP contribution in [0.3, 0.4) is 0 Å². The molecule has 0 aliphatic heterocycles. The average molecular weight is 479 g/mol. The summed E-state index contributed by atoms with van der Waals surface area (Å²) in [5.41, 5.74) is 22.4. The quantitative estimate of drug-likeness (QED) is 0.178. The molecular weight excluding hydrogens is 434 g/mol. The number of nitrogens with one attached hydrogen (secondary N) is 2. The second kappa shape index (κ2) is 15.5. The molecule has 0 amide bonds. The highest BCUT2D eigenvalue weighted by Gasteiger charge is 2.21. The van der Waals surface area contributed by atoms with Crippen molar-refractivity contribution >= 4 is 17.5 Å². The SMILES string of the molecule is CCC/C(NC(CC)CCN)=C(\C)C(N)Nc1cc(C(F)F)c(/C(C=NC)=C/N)cc1CCC. The molecule has 0 fully saturated rings. The van der Waals surface area contributed by atoms with E-state index in [9.17, 15) is 8.78 Å². The third-order valence-electron chi connectivity index (χ3n) is 5.93. The highest BCUT2D eigenvalue weighted by atomic mass is 19.3. The van der Waals surface area contributed by atoms with Crippen LogP contribution in [0.1, 0.15) is 82.9 Å². The minimum atomic E-state index is -2.67. The molecule has 1 aromatic carbocycles. The van der Waals surface area contributed by atoms with Gasteiger partial charge in [0.1, 0.15) is 0 Å². The van der Waals surface area contributed by atoms with Crippen molar-refractivity contribution in [2.24, 2.45) is 22.2 Å². The fourth-order valence-electron chi connectivity index (χ4n) is 3.97. The third-order valence-corrected chi connectivity index (χ3v) is 5.93. The molecule has 8 N–H and O–H groups in total. The summed E-state index contributed by atoms with van der Waals surface area (Å²) in [7, 11) is 1.58. The van der Waals surface area contributed by atoms with Crippen molar-refractivity contribution in [1.29, 1.82) is 0 Å². The van der Waals surface area contributed by atoms with Crippen LogP contribution in [0.2, 0.25) is 0 Å². The van der Waals surface area contributed by atoms with Crippen molar-refractivity contribution in [2.75, 3.05) is 18.9 Å². The number of anilines is 1. The van der Waals surface area contributed by atoms with E-state index in [-0.39, 0.29) is 11.6 Å². The molecular formula is C26H44F2N6. The number of hydrogen-bond donors (Lipinski definition) is 5. The van der Waals surface area contributed by atoms with E-state index in [0.29, 0.717) is 29.8 Å². The minimum Gasteiger partial charge on any atom is -0.404 e.